The van der Waals surface area contributed by atoms with E-state index in [1.165, 1.54) is 6.08 Å². The summed E-state index contributed by atoms with van der Waals surface area (Å²) >= 11 is 0. The van der Waals surface area contributed by atoms with E-state index in [4.69, 9.17) is 9.47 Å². The van der Waals surface area contributed by atoms with Crippen molar-refractivity contribution in [3.8, 4) is 17.6 Å². The molecular weight excluding hydrogens is 378 g/mol. The van der Waals surface area contributed by atoms with Gasteiger partial charge in [0.15, 0.2) is 11.5 Å². The third-order valence-corrected chi connectivity index (χ3v) is 4.60. The zero-order valence-corrected chi connectivity index (χ0v) is 17.4. The number of methoxy groups -OCH3 is 1. The molecule has 2 N–H and O–H groups in total. The number of H-pyrrole nitrogens is 1. The highest BCUT2D eigenvalue weighted by Crippen LogP contribution is 2.33. The van der Waals surface area contributed by atoms with E-state index < -0.39 is 5.91 Å². The molecule has 0 bridgehead atoms. The number of aromatic amines is 1. The van der Waals surface area contributed by atoms with E-state index >= 15 is 0 Å². The third kappa shape index (κ3) is 4.81. The van der Waals surface area contributed by atoms with Crippen LogP contribution in [0.3, 0.4) is 0 Å². The van der Waals surface area contributed by atoms with Crippen molar-refractivity contribution in [2.75, 3.05) is 13.7 Å². The number of rotatable bonds is 8. The van der Waals surface area contributed by atoms with Crippen LogP contribution in [0.4, 0.5) is 0 Å². The second kappa shape index (κ2) is 9.66. The number of ether oxygens (including phenoxy) is 2. The van der Waals surface area contributed by atoms with Crippen LogP contribution in [-0.4, -0.2) is 30.6 Å². The van der Waals surface area contributed by atoms with Crippen molar-refractivity contribution in [3.05, 3.63) is 65.4 Å². The number of nitrogens with one attached hydrogen (secondary N) is 2. The summed E-state index contributed by atoms with van der Waals surface area (Å²) in [5.74, 6) is 0.638. The minimum atomic E-state index is -0.421. The molecule has 6 heteroatoms. The van der Waals surface area contributed by atoms with Crippen LogP contribution < -0.4 is 14.8 Å². The molecule has 1 aromatic heterocycles. The summed E-state index contributed by atoms with van der Waals surface area (Å²) in [6.45, 7) is 4.23. The third-order valence-electron chi connectivity index (χ3n) is 4.60. The molecule has 0 fully saturated rings. The van der Waals surface area contributed by atoms with Crippen LogP contribution in [0.1, 0.15) is 25.0 Å². The van der Waals surface area contributed by atoms with Crippen LogP contribution in [0.15, 0.2) is 54.2 Å². The molecule has 1 amide bonds. The minimum absolute atomic E-state index is 0.00999. The Kier molecular flexibility index (Phi) is 6.76. The number of fused-ring (bicyclic) bond motifs is 1. The van der Waals surface area contributed by atoms with Gasteiger partial charge < -0.3 is 19.8 Å². The van der Waals surface area contributed by atoms with Gasteiger partial charge in [-0.05, 0) is 44.0 Å². The van der Waals surface area contributed by atoms with E-state index in [0.717, 1.165) is 16.5 Å². The molecule has 2 aromatic carbocycles. The Labute approximate surface area is 176 Å². The van der Waals surface area contributed by atoms with Gasteiger partial charge in [0.2, 0.25) is 0 Å². The first kappa shape index (κ1) is 21.0. The first-order valence-electron chi connectivity index (χ1n) is 9.82. The second-order valence-electron chi connectivity index (χ2n) is 7.08. The van der Waals surface area contributed by atoms with Crippen LogP contribution in [0, 0.1) is 11.3 Å². The molecule has 0 saturated carbocycles. The predicted octanol–water partition coefficient (Wildman–Crippen LogP) is 4.23. The zero-order chi connectivity index (χ0) is 21.5. The molecule has 0 radical (unpaired) electrons. The monoisotopic (exact) mass is 403 g/mol. The maximum absolute atomic E-state index is 12.6. The van der Waals surface area contributed by atoms with Crippen LogP contribution >= 0.6 is 0 Å². The molecule has 0 atom stereocenters. The molecule has 6 nitrogen and oxygen atoms in total. The number of para-hydroxylation sites is 2. The highest BCUT2D eigenvalue weighted by molar-refractivity contribution is 6.02. The van der Waals surface area contributed by atoms with Gasteiger partial charge in [0.05, 0.1) is 13.2 Å². The highest BCUT2D eigenvalue weighted by Gasteiger charge is 2.15. The van der Waals surface area contributed by atoms with Crippen molar-refractivity contribution < 1.29 is 14.3 Å². The Morgan fingerprint density at radius 1 is 1.23 bits per heavy atom. The number of nitriles is 1. The summed E-state index contributed by atoms with van der Waals surface area (Å²) in [7, 11) is 1.55. The number of carbonyl (C=O) groups is 1. The fourth-order valence-electron chi connectivity index (χ4n) is 3.22. The van der Waals surface area contributed by atoms with Gasteiger partial charge in [0.1, 0.15) is 11.6 Å². The molecule has 0 aliphatic carbocycles. The Morgan fingerprint density at radius 3 is 2.77 bits per heavy atom. The maximum atomic E-state index is 12.6. The molecular formula is C24H25N3O3. The highest BCUT2D eigenvalue weighted by atomic mass is 16.5. The van der Waals surface area contributed by atoms with Gasteiger partial charge in [-0.1, -0.05) is 30.3 Å². The Bertz CT molecular complexity index is 1110. The quantitative estimate of drug-likeness (QED) is 0.435. The maximum Gasteiger partial charge on any atom is 0.261 e. The lowest BCUT2D eigenvalue weighted by Crippen LogP contribution is -2.26. The second-order valence-corrected chi connectivity index (χ2v) is 7.08. The van der Waals surface area contributed by atoms with Crippen molar-refractivity contribution in [1.82, 2.24) is 10.3 Å². The summed E-state index contributed by atoms with van der Waals surface area (Å²) in [6.07, 6.45) is 4.06. The molecule has 30 heavy (non-hydrogen) atoms. The van der Waals surface area contributed by atoms with Crippen molar-refractivity contribution >= 4 is 22.9 Å². The number of nitrogens with zero attached hydrogens (tertiary/aromatic N) is 1. The Hall–Kier alpha value is -3.72. The molecule has 0 aliphatic heterocycles. The van der Waals surface area contributed by atoms with Gasteiger partial charge in [-0.15, -0.1) is 0 Å². The van der Waals surface area contributed by atoms with Gasteiger partial charge >= 0.3 is 0 Å². The van der Waals surface area contributed by atoms with Crippen LogP contribution in [0.2, 0.25) is 0 Å². The smallest absolute Gasteiger partial charge is 0.261 e. The summed E-state index contributed by atoms with van der Waals surface area (Å²) in [6, 6.07) is 15.4. The lowest BCUT2D eigenvalue weighted by molar-refractivity contribution is -0.117. The lowest BCUT2D eigenvalue weighted by atomic mass is 10.1. The van der Waals surface area contributed by atoms with E-state index in [-0.39, 0.29) is 11.7 Å². The normalized spacial score (nSPS) is 11.4. The van der Waals surface area contributed by atoms with E-state index in [1.807, 2.05) is 50.4 Å². The topological polar surface area (TPSA) is 87.1 Å². The van der Waals surface area contributed by atoms with Crippen molar-refractivity contribution in [2.45, 2.75) is 26.4 Å². The van der Waals surface area contributed by atoms with Crippen molar-refractivity contribution in [2.24, 2.45) is 0 Å². The molecule has 0 unspecified atom stereocenters. The summed E-state index contributed by atoms with van der Waals surface area (Å²) in [4.78, 5) is 15.8. The predicted molar refractivity (Wildman–Crippen MR) is 117 cm³/mol. The van der Waals surface area contributed by atoms with E-state index in [1.54, 1.807) is 25.3 Å². The van der Waals surface area contributed by atoms with Crippen molar-refractivity contribution in [3.63, 3.8) is 0 Å². The van der Waals surface area contributed by atoms with Gasteiger partial charge in [0, 0.05) is 29.2 Å². The zero-order valence-electron chi connectivity index (χ0n) is 17.4. The standard InChI is InChI=1S/C24H25N3O3/c1-16(2)30-23-17(7-6-10-22(23)29-3)13-19(14-25)24(28)26-12-11-18-15-27-21-9-5-4-8-20(18)21/h4-10,13,15-16,27H,11-12H2,1-3H3,(H,26,28)/b19-13-. The summed E-state index contributed by atoms with van der Waals surface area (Å²) in [5.41, 5.74) is 2.81. The number of amides is 1. The van der Waals surface area contributed by atoms with Crippen LogP contribution in [0.5, 0.6) is 11.5 Å². The lowest BCUT2D eigenvalue weighted by Gasteiger charge is -2.16. The molecule has 3 aromatic rings. The average molecular weight is 403 g/mol. The first-order valence-corrected chi connectivity index (χ1v) is 9.82. The molecule has 0 spiro atoms. The number of benzene rings is 2. The van der Waals surface area contributed by atoms with Gasteiger partial charge in [-0.3, -0.25) is 4.79 Å². The molecule has 0 saturated heterocycles. The molecule has 3 rings (SSSR count). The fourth-order valence-corrected chi connectivity index (χ4v) is 3.22. The molecule has 154 valence electrons. The van der Waals surface area contributed by atoms with E-state index in [9.17, 15) is 10.1 Å². The van der Waals surface area contributed by atoms with Gasteiger partial charge in [-0.2, -0.15) is 5.26 Å². The number of aromatic nitrogens is 1. The number of carbonyl (C=O) groups excluding carboxylic acids is 1. The van der Waals surface area contributed by atoms with E-state index in [0.29, 0.717) is 30.0 Å². The van der Waals surface area contributed by atoms with Gasteiger partial charge in [-0.25, -0.2) is 0 Å². The molecule has 1 heterocycles. The van der Waals surface area contributed by atoms with Crippen LogP contribution in [-0.2, 0) is 11.2 Å². The van der Waals surface area contributed by atoms with Gasteiger partial charge in [0.25, 0.3) is 5.91 Å². The molecule has 0 aliphatic rings. The fraction of sp³-hybridized carbons (Fsp3) is 0.250. The summed E-state index contributed by atoms with van der Waals surface area (Å²) in [5, 5.41) is 13.5. The SMILES string of the molecule is COc1cccc(/C=C(/C#N)C(=O)NCCc2c[nH]c3ccccc23)c1OC(C)C. The largest absolute Gasteiger partial charge is 0.493 e. The van der Waals surface area contributed by atoms with Crippen LogP contribution in [0.25, 0.3) is 17.0 Å². The number of hydrogen-bond acceptors (Lipinski definition) is 4. The van der Waals surface area contributed by atoms with Crippen molar-refractivity contribution in [1.29, 1.82) is 5.26 Å². The average Bonchev–Trinajstić information content (AvgIpc) is 3.15. The summed E-state index contributed by atoms with van der Waals surface area (Å²) < 4.78 is 11.2. The minimum Gasteiger partial charge on any atom is -0.493 e. The number of hydrogen-bond donors (Lipinski definition) is 2. The van der Waals surface area contributed by atoms with E-state index in [2.05, 4.69) is 10.3 Å². The first-order chi connectivity index (χ1) is 14.5. The Morgan fingerprint density at radius 2 is 2.03 bits per heavy atom. The Balaban J connectivity index is 1.73.